The molecule has 0 bridgehead atoms. The lowest BCUT2D eigenvalue weighted by Gasteiger charge is -2.25. The maximum atomic E-state index is 12.0. The highest BCUT2D eigenvalue weighted by Crippen LogP contribution is 2.25. The number of nitrogens with zero attached hydrogens (tertiary/aromatic N) is 1. The van der Waals surface area contributed by atoms with Crippen LogP contribution in [0.25, 0.3) is 0 Å². The summed E-state index contributed by atoms with van der Waals surface area (Å²) in [7, 11) is 1.65. The van der Waals surface area contributed by atoms with Crippen LogP contribution >= 0.6 is 0 Å². The fourth-order valence-electron chi connectivity index (χ4n) is 2.49. The minimum atomic E-state index is -0.0706. The Hall–Kier alpha value is -1.59. The highest BCUT2D eigenvalue weighted by molar-refractivity contribution is 5.80. The fourth-order valence-corrected chi connectivity index (χ4v) is 2.49. The maximum Gasteiger partial charge on any atom is 0.238 e. The molecule has 2 rings (SSSR count). The third-order valence-corrected chi connectivity index (χ3v) is 3.52. The summed E-state index contributed by atoms with van der Waals surface area (Å²) < 4.78 is 10.7. The molecule has 0 aromatic heterocycles. The second kappa shape index (κ2) is 8.00. The third-order valence-electron chi connectivity index (χ3n) is 3.52. The van der Waals surface area contributed by atoms with Crippen molar-refractivity contribution in [1.29, 1.82) is 0 Å². The molecular weight excluding hydrogens is 268 g/mol. The molecule has 5 heteroatoms. The van der Waals surface area contributed by atoms with Crippen LogP contribution in [0.2, 0.25) is 0 Å². The van der Waals surface area contributed by atoms with E-state index in [9.17, 15) is 4.79 Å². The minimum Gasteiger partial charge on any atom is -0.497 e. The van der Waals surface area contributed by atoms with Gasteiger partial charge in [-0.3, -0.25) is 10.1 Å². The first-order valence-electron chi connectivity index (χ1n) is 7.50. The first kappa shape index (κ1) is 15.8. The Labute approximate surface area is 126 Å². The molecule has 1 aliphatic heterocycles. The van der Waals surface area contributed by atoms with Gasteiger partial charge in [0.25, 0.3) is 0 Å². The first-order chi connectivity index (χ1) is 10.3. The van der Waals surface area contributed by atoms with Crippen molar-refractivity contribution in [2.75, 3.05) is 33.4 Å². The highest BCUT2D eigenvalue weighted by Gasteiger charge is 2.31. The van der Waals surface area contributed by atoms with Crippen molar-refractivity contribution in [2.24, 2.45) is 0 Å². The van der Waals surface area contributed by atoms with Crippen LogP contribution in [-0.2, 0) is 9.53 Å². The normalized spacial score (nSPS) is 18.3. The van der Waals surface area contributed by atoms with Crippen molar-refractivity contribution in [1.82, 2.24) is 10.2 Å². The Morgan fingerprint density at radius 3 is 3.00 bits per heavy atom. The minimum absolute atomic E-state index is 0.0706. The van der Waals surface area contributed by atoms with Crippen LogP contribution in [0.5, 0.6) is 5.75 Å². The number of ether oxygens (including phenoxy) is 2. The number of nitrogens with one attached hydrogen (secondary N) is 1. The summed E-state index contributed by atoms with van der Waals surface area (Å²) in [5.41, 5.74) is 1.05. The van der Waals surface area contributed by atoms with Gasteiger partial charge in [0, 0.05) is 19.8 Å². The second-order valence-electron chi connectivity index (χ2n) is 5.11. The third kappa shape index (κ3) is 4.19. The Morgan fingerprint density at radius 1 is 1.38 bits per heavy atom. The lowest BCUT2D eigenvalue weighted by molar-refractivity contribution is -0.128. The molecule has 1 N–H and O–H groups in total. The van der Waals surface area contributed by atoms with Gasteiger partial charge in [-0.1, -0.05) is 19.1 Å². The van der Waals surface area contributed by atoms with E-state index in [0.717, 1.165) is 30.8 Å². The van der Waals surface area contributed by atoms with E-state index in [2.05, 4.69) is 12.2 Å². The van der Waals surface area contributed by atoms with E-state index in [-0.39, 0.29) is 12.1 Å². The highest BCUT2D eigenvalue weighted by atomic mass is 16.5. The number of carbonyl (C=O) groups excluding carboxylic acids is 1. The van der Waals surface area contributed by atoms with Gasteiger partial charge in [-0.05, 0) is 30.5 Å². The molecule has 0 radical (unpaired) electrons. The van der Waals surface area contributed by atoms with Gasteiger partial charge < -0.3 is 14.4 Å². The van der Waals surface area contributed by atoms with Gasteiger partial charge in [-0.15, -0.1) is 0 Å². The van der Waals surface area contributed by atoms with Crippen LogP contribution in [0.15, 0.2) is 24.3 Å². The smallest absolute Gasteiger partial charge is 0.238 e. The van der Waals surface area contributed by atoms with E-state index < -0.39 is 0 Å². The van der Waals surface area contributed by atoms with E-state index in [1.807, 2.05) is 29.2 Å². The summed E-state index contributed by atoms with van der Waals surface area (Å²) in [5, 5.41) is 3.26. The number of benzene rings is 1. The maximum absolute atomic E-state index is 12.0. The summed E-state index contributed by atoms with van der Waals surface area (Å²) in [6.45, 7) is 4.66. The molecule has 1 amide bonds. The largest absolute Gasteiger partial charge is 0.497 e. The zero-order valence-corrected chi connectivity index (χ0v) is 12.8. The van der Waals surface area contributed by atoms with Gasteiger partial charge in [0.2, 0.25) is 5.91 Å². The molecule has 1 aromatic carbocycles. The fraction of sp³-hybridized carbons (Fsp3) is 0.562. The second-order valence-corrected chi connectivity index (χ2v) is 5.11. The number of rotatable bonds is 8. The molecule has 0 spiro atoms. The van der Waals surface area contributed by atoms with Gasteiger partial charge in [0.05, 0.1) is 13.7 Å². The van der Waals surface area contributed by atoms with Crippen LogP contribution in [0, 0.1) is 0 Å². The summed E-state index contributed by atoms with van der Waals surface area (Å²) in [6.07, 6.45) is 1.81. The van der Waals surface area contributed by atoms with Gasteiger partial charge in [-0.25, -0.2) is 0 Å². The molecule has 0 aliphatic carbocycles. The van der Waals surface area contributed by atoms with Crippen LogP contribution in [0.3, 0.4) is 0 Å². The summed E-state index contributed by atoms with van der Waals surface area (Å²) >= 11 is 0. The van der Waals surface area contributed by atoms with Crippen LogP contribution in [-0.4, -0.2) is 44.2 Å². The number of hydrogen-bond donors (Lipinski definition) is 1. The van der Waals surface area contributed by atoms with E-state index in [1.165, 1.54) is 0 Å². The van der Waals surface area contributed by atoms with Gasteiger partial charge in [-0.2, -0.15) is 0 Å². The van der Waals surface area contributed by atoms with Crippen LogP contribution in [0.4, 0.5) is 0 Å². The lowest BCUT2D eigenvalue weighted by Crippen LogP contribution is -2.31. The molecule has 1 atom stereocenters. The standard InChI is InChI=1S/C16H24N2O3/c1-3-9-21-10-5-8-18-15(19)12-17-16(18)13-6-4-7-14(11-13)20-2/h4,6-7,11,16-17H,3,5,8-10,12H2,1-2H3. The Morgan fingerprint density at radius 2 is 2.24 bits per heavy atom. The van der Waals surface area contributed by atoms with Crippen molar-refractivity contribution in [3.05, 3.63) is 29.8 Å². The Bertz CT molecular complexity index is 465. The summed E-state index contributed by atoms with van der Waals surface area (Å²) in [5.74, 6) is 0.943. The van der Waals surface area contributed by atoms with Crippen molar-refractivity contribution in [3.63, 3.8) is 0 Å². The van der Waals surface area contributed by atoms with Gasteiger partial charge in [0.1, 0.15) is 11.9 Å². The quantitative estimate of drug-likeness (QED) is 0.744. The Balaban J connectivity index is 1.95. The van der Waals surface area contributed by atoms with Gasteiger partial charge in [0.15, 0.2) is 0 Å². The summed E-state index contributed by atoms with van der Waals surface area (Å²) in [4.78, 5) is 13.9. The van der Waals surface area contributed by atoms with Gasteiger partial charge >= 0.3 is 0 Å². The monoisotopic (exact) mass is 292 g/mol. The molecule has 1 heterocycles. The number of amides is 1. The number of methoxy groups -OCH3 is 1. The summed E-state index contributed by atoms with van der Waals surface area (Å²) in [6, 6.07) is 7.83. The molecule has 1 fully saturated rings. The van der Waals surface area contributed by atoms with E-state index in [0.29, 0.717) is 19.7 Å². The zero-order chi connectivity index (χ0) is 15.1. The molecular formula is C16H24N2O3. The molecule has 116 valence electrons. The first-order valence-corrected chi connectivity index (χ1v) is 7.50. The molecule has 1 aromatic rings. The predicted octanol–water partition coefficient (Wildman–Crippen LogP) is 1.94. The SMILES string of the molecule is CCCOCCCN1C(=O)CNC1c1cccc(OC)c1. The predicted molar refractivity (Wildman–Crippen MR) is 81.2 cm³/mol. The van der Waals surface area contributed by atoms with Crippen molar-refractivity contribution < 1.29 is 14.3 Å². The molecule has 1 unspecified atom stereocenters. The average Bonchev–Trinajstić information content (AvgIpc) is 2.88. The van der Waals surface area contributed by atoms with Crippen LogP contribution < -0.4 is 10.1 Å². The molecule has 5 nitrogen and oxygen atoms in total. The van der Waals surface area contributed by atoms with E-state index in [4.69, 9.17) is 9.47 Å². The molecule has 21 heavy (non-hydrogen) atoms. The Kier molecular flexibility index (Phi) is 6.02. The van der Waals surface area contributed by atoms with Crippen molar-refractivity contribution >= 4 is 5.91 Å². The van der Waals surface area contributed by atoms with Crippen LogP contribution in [0.1, 0.15) is 31.5 Å². The number of hydrogen-bond acceptors (Lipinski definition) is 4. The number of carbonyl (C=O) groups is 1. The van der Waals surface area contributed by atoms with Crippen molar-refractivity contribution in [2.45, 2.75) is 25.9 Å². The zero-order valence-electron chi connectivity index (χ0n) is 12.8. The van der Waals surface area contributed by atoms with Crippen molar-refractivity contribution in [3.8, 4) is 5.75 Å². The molecule has 1 aliphatic rings. The molecule has 0 saturated carbocycles. The lowest BCUT2D eigenvalue weighted by atomic mass is 10.1. The topological polar surface area (TPSA) is 50.8 Å². The van der Waals surface area contributed by atoms with E-state index in [1.54, 1.807) is 7.11 Å². The van der Waals surface area contributed by atoms with E-state index >= 15 is 0 Å². The molecule has 1 saturated heterocycles. The average molecular weight is 292 g/mol.